The lowest BCUT2D eigenvalue weighted by Crippen LogP contribution is -2.64. The van der Waals surface area contributed by atoms with Gasteiger partial charge in [-0.05, 0) is 37.7 Å². The van der Waals surface area contributed by atoms with Gasteiger partial charge in [-0.1, -0.05) is 32.0 Å². The maximum Gasteiger partial charge on any atom is 0.127 e. The minimum atomic E-state index is -0.0656. The van der Waals surface area contributed by atoms with Crippen molar-refractivity contribution in [3.05, 3.63) is 35.6 Å². The molecule has 2 aliphatic rings. The van der Waals surface area contributed by atoms with Gasteiger partial charge >= 0.3 is 0 Å². The molecule has 0 amide bonds. The largest absolute Gasteiger partial charge is 0.308 e. The first kappa shape index (κ1) is 15.0. The van der Waals surface area contributed by atoms with Crippen LogP contribution in [0.1, 0.15) is 45.1 Å². The molecule has 3 rings (SSSR count). The molecule has 1 N–H and O–H groups in total. The lowest BCUT2D eigenvalue weighted by molar-refractivity contribution is 0.0549. The Kier molecular flexibility index (Phi) is 4.32. The molecule has 2 fully saturated rings. The SMILES string of the molecule is CCC1(CC)CN(Cc2ccccc2F)C(C2CC2)CN1. The van der Waals surface area contributed by atoms with E-state index in [9.17, 15) is 4.39 Å². The summed E-state index contributed by atoms with van der Waals surface area (Å²) in [6, 6.07) is 7.81. The first-order valence-electron chi connectivity index (χ1n) is 8.40. The van der Waals surface area contributed by atoms with Gasteiger partial charge in [-0.15, -0.1) is 0 Å². The van der Waals surface area contributed by atoms with Crippen molar-refractivity contribution in [2.75, 3.05) is 13.1 Å². The van der Waals surface area contributed by atoms with Crippen LogP contribution in [-0.2, 0) is 6.54 Å². The zero-order valence-corrected chi connectivity index (χ0v) is 13.2. The number of piperazine rings is 1. The highest BCUT2D eigenvalue weighted by Gasteiger charge is 2.43. The van der Waals surface area contributed by atoms with Crippen LogP contribution in [0.15, 0.2) is 24.3 Å². The lowest BCUT2D eigenvalue weighted by atomic mass is 9.87. The fourth-order valence-electron chi connectivity index (χ4n) is 3.70. The Morgan fingerprint density at radius 2 is 1.95 bits per heavy atom. The standard InChI is InChI=1S/C18H27FN2/c1-3-18(4-2)13-21(17(11-20-18)14-9-10-14)12-15-7-5-6-8-16(15)19/h5-8,14,17,20H,3-4,9-13H2,1-2H3. The Bertz CT molecular complexity index is 480. The van der Waals surface area contributed by atoms with Crippen LogP contribution in [0.4, 0.5) is 4.39 Å². The molecular weight excluding hydrogens is 263 g/mol. The number of hydrogen-bond acceptors (Lipinski definition) is 2. The minimum absolute atomic E-state index is 0.0656. The molecule has 1 aromatic carbocycles. The fraction of sp³-hybridized carbons (Fsp3) is 0.667. The van der Waals surface area contributed by atoms with Gasteiger partial charge in [0.15, 0.2) is 0 Å². The molecule has 1 atom stereocenters. The molecule has 0 aromatic heterocycles. The summed E-state index contributed by atoms with van der Waals surface area (Å²) in [5.41, 5.74) is 1.04. The number of rotatable bonds is 5. The van der Waals surface area contributed by atoms with Gasteiger partial charge in [-0.2, -0.15) is 0 Å². The summed E-state index contributed by atoms with van der Waals surface area (Å²) in [7, 11) is 0. The average molecular weight is 290 g/mol. The van der Waals surface area contributed by atoms with E-state index in [-0.39, 0.29) is 11.4 Å². The van der Waals surface area contributed by atoms with Crippen molar-refractivity contribution in [1.29, 1.82) is 0 Å². The van der Waals surface area contributed by atoms with Crippen LogP contribution in [0.5, 0.6) is 0 Å². The Morgan fingerprint density at radius 3 is 2.57 bits per heavy atom. The Morgan fingerprint density at radius 1 is 1.24 bits per heavy atom. The second kappa shape index (κ2) is 6.05. The highest BCUT2D eigenvalue weighted by molar-refractivity contribution is 5.18. The summed E-state index contributed by atoms with van der Waals surface area (Å²) in [5.74, 6) is 0.750. The molecule has 1 saturated heterocycles. The summed E-state index contributed by atoms with van der Waals surface area (Å²) in [6.07, 6.45) is 4.94. The van der Waals surface area contributed by atoms with Crippen molar-refractivity contribution < 1.29 is 4.39 Å². The van der Waals surface area contributed by atoms with Crippen LogP contribution in [-0.4, -0.2) is 29.6 Å². The molecule has 2 nitrogen and oxygen atoms in total. The predicted octanol–water partition coefficient (Wildman–Crippen LogP) is 3.57. The maximum atomic E-state index is 14.0. The van der Waals surface area contributed by atoms with E-state index in [1.54, 1.807) is 12.1 Å². The molecule has 0 spiro atoms. The topological polar surface area (TPSA) is 15.3 Å². The first-order chi connectivity index (χ1) is 10.2. The van der Waals surface area contributed by atoms with Crippen LogP contribution in [0.3, 0.4) is 0 Å². The number of halogens is 1. The Hall–Kier alpha value is -0.930. The van der Waals surface area contributed by atoms with E-state index >= 15 is 0 Å². The first-order valence-corrected chi connectivity index (χ1v) is 8.40. The van der Waals surface area contributed by atoms with Gasteiger partial charge in [0.1, 0.15) is 5.82 Å². The molecule has 1 aromatic rings. The van der Waals surface area contributed by atoms with E-state index in [1.165, 1.54) is 12.8 Å². The molecule has 1 unspecified atom stereocenters. The molecule has 21 heavy (non-hydrogen) atoms. The van der Waals surface area contributed by atoms with E-state index in [0.29, 0.717) is 6.04 Å². The maximum absolute atomic E-state index is 14.0. The molecular formula is C18H27FN2. The summed E-state index contributed by atoms with van der Waals surface area (Å²) in [4.78, 5) is 2.54. The monoisotopic (exact) mass is 290 g/mol. The van der Waals surface area contributed by atoms with Crippen molar-refractivity contribution in [2.24, 2.45) is 5.92 Å². The normalized spacial score (nSPS) is 26.0. The van der Waals surface area contributed by atoms with Crippen molar-refractivity contribution in [2.45, 2.75) is 57.7 Å². The number of nitrogens with zero attached hydrogens (tertiary/aromatic N) is 1. The van der Waals surface area contributed by atoms with Gasteiger partial charge in [-0.3, -0.25) is 4.90 Å². The van der Waals surface area contributed by atoms with Gasteiger partial charge in [0.2, 0.25) is 0 Å². The van der Waals surface area contributed by atoms with Crippen molar-refractivity contribution in [3.63, 3.8) is 0 Å². The van der Waals surface area contributed by atoms with Gasteiger partial charge in [-0.25, -0.2) is 4.39 Å². The summed E-state index contributed by atoms with van der Waals surface area (Å²) in [5, 5.41) is 3.80. The zero-order chi connectivity index (χ0) is 14.9. The minimum Gasteiger partial charge on any atom is -0.308 e. The van der Waals surface area contributed by atoms with E-state index in [2.05, 4.69) is 24.1 Å². The third-order valence-electron chi connectivity index (χ3n) is 5.51. The number of hydrogen-bond donors (Lipinski definition) is 1. The predicted molar refractivity (Wildman–Crippen MR) is 84.6 cm³/mol. The molecule has 1 aliphatic carbocycles. The smallest absolute Gasteiger partial charge is 0.127 e. The highest BCUT2D eigenvalue weighted by atomic mass is 19.1. The Balaban J connectivity index is 1.79. The lowest BCUT2D eigenvalue weighted by Gasteiger charge is -2.48. The number of nitrogens with one attached hydrogen (secondary N) is 1. The van der Waals surface area contributed by atoms with Crippen LogP contribution in [0, 0.1) is 11.7 Å². The molecule has 1 aliphatic heterocycles. The second-order valence-electron chi connectivity index (χ2n) is 6.77. The van der Waals surface area contributed by atoms with Crippen LogP contribution >= 0.6 is 0 Å². The van der Waals surface area contributed by atoms with E-state index < -0.39 is 0 Å². The molecule has 1 saturated carbocycles. The molecule has 3 heteroatoms. The third-order valence-corrected chi connectivity index (χ3v) is 5.51. The summed E-state index contributed by atoms with van der Waals surface area (Å²) < 4.78 is 14.0. The molecule has 116 valence electrons. The number of benzene rings is 1. The summed E-state index contributed by atoms with van der Waals surface area (Å²) >= 11 is 0. The molecule has 0 bridgehead atoms. The van der Waals surface area contributed by atoms with E-state index in [4.69, 9.17) is 0 Å². The van der Waals surface area contributed by atoms with Crippen molar-refractivity contribution in [3.8, 4) is 0 Å². The van der Waals surface area contributed by atoms with Gasteiger partial charge in [0.25, 0.3) is 0 Å². The molecule has 0 radical (unpaired) electrons. The van der Waals surface area contributed by atoms with Gasteiger partial charge in [0, 0.05) is 36.8 Å². The van der Waals surface area contributed by atoms with Gasteiger partial charge < -0.3 is 5.32 Å². The van der Waals surface area contributed by atoms with Crippen LogP contribution in [0.2, 0.25) is 0 Å². The fourth-order valence-corrected chi connectivity index (χ4v) is 3.70. The van der Waals surface area contributed by atoms with E-state index in [1.807, 2.05) is 12.1 Å². The Labute approximate surface area is 127 Å². The third kappa shape index (κ3) is 3.14. The second-order valence-corrected chi connectivity index (χ2v) is 6.77. The van der Waals surface area contributed by atoms with Crippen LogP contribution < -0.4 is 5.32 Å². The zero-order valence-electron chi connectivity index (χ0n) is 13.2. The van der Waals surface area contributed by atoms with Crippen molar-refractivity contribution >= 4 is 0 Å². The average Bonchev–Trinajstić information content (AvgIpc) is 3.34. The van der Waals surface area contributed by atoms with Crippen molar-refractivity contribution in [1.82, 2.24) is 10.2 Å². The summed E-state index contributed by atoms with van der Waals surface area (Å²) in [6.45, 7) is 7.36. The van der Waals surface area contributed by atoms with Crippen LogP contribution in [0.25, 0.3) is 0 Å². The quantitative estimate of drug-likeness (QED) is 0.892. The highest BCUT2D eigenvalue weighted by Crippen LogP contribution is 2.38. The molecule has 1 heterocycles. The van der Waals surface area contributed by atoms with Gasteiger partial charge in [0.05, 0.1) is 0 Å². The van der Waals surface area contributed by atoms with E-state index in [0.717, 1.165) is 44.0 Å².